The Morgan fingerprint density at radius 2 is 1.94 bits per heavy atom. The van der Waals surface area contributed by atoms with Gasteiger partial charge in [-0.2, -0.15) is 0 Å². The van der Waals surface area contributed by atoms with Gasteiger partial charge in [0.2, 0.25) is 0 Å². The van der Waals surface area contributed by atoms with Crippen LogP contribution in [0.4, 0.5) is 0 Å². The maximum Gasteiger partial charge on any atom is 0.0845 e. The molecule has 0 aromatic carbocycles. The SMILES string of the molecule is CC(CN1CCN(CCO)CC1)OS(=O)[O-]. The average molecular weight is 251 g/mol. The van der Waals surface area contributed by atoms with E-state index in [0.717, 1.165) is 26.2 Å². The standard InChI is InChI=1S/C9H20N2O4S/c1-9(15-16(13)14)8-11-4-2-10(3-5-11)6-7-12/h9,12H,2-8H2,1H3,(H,13,14)/p-1. The van der Waals surface area contributed by atoms with Crippen molar-refractivity contribution in [1.29, 1.82) is 0 Å². The van der Waals surface area contributed by atoms with E-state index >= 15 is 0 Å². The molecule has 2 unspecified atom stereocenters. The number of rotatable bonds is 6. The molecule has 0 aromatic rings. The fraction of sp³-hybridized carbons (Fsp3) is 1.00. The van der Waals surface area contributed by atoms with Crippen molar-refractivity contribution in [3.05, 3.63) is 0 Å². The van der Waals surface area contributed by atoms with E-state index in [1.165, 1.54) is 0 Å². The number of aliphatic hydroxyl groups is 1. The van der Waals surface area contributed by atoms with Gasteiger partial charge in [-0.05, 0) is 6.92 Å². The monoisotopic (exact) mass is 251 g/mol. The van der Waals surface area contributed by atoms with Gasteiger partial charge in [0.15, 0.2) is 0 Å². The van der Waals surface area contributed by atoms with Crippen LogP contribution in [0.1, 0.15) is 6.92 Å². The fourth-order valence-corrected chi connectivity index (χ4v) is 2.19. The molecule has 96 valence electrons. The molecule has 1 fully saturated rings. The van der Waals surface area contributed by atoms with Gasteiger partial charge >= 0.3 is 0 Å². The van der Waals surface area contributed by atoms with Crippen molar-refractivity contribution < 1.29 is 18.1 Å². The van der Waals surface area contributed by atoms with Crippen LogP contribution in [0.25, 0.3) is 0 Å². The molecule has 0 bridgehead atoms. The van der Waals surface area contributed by atoms with Gasteiger partial charge in [0.25, 0.3) is 0 Å². The van der Waals surface area contributed by atoms with Crippen LogP contribution in [0.15, 0.2) is 0 Å². The number of hydrogen-bond acceptors (Lipinski definition) is 6. The highest BCUT2D eigenvalue weighted by atomic mass is 32.2. The Morgan fingerprint density at radius 1 is 1.38 bits per heavy atom. The number of nitrogens with zero attached hydrogens (tertiary/aromatic N) is 2. The van der Waals surface area contributed by atoms with Crippen LogP contribution in [-0.2, 0) is 15.5 Å². The minimum atomic E-state index is -2.43. The molecule has 0 saturated carbocycles. The van der Waals surface area contributed by atoms with Crippen molar-refractivity contribution in [3.63, 3.8) is 0 Å². The number of piperazine rings is 1. The molecule has 1 aliphatic rings. The molecule has 0 radical (unpaired) electrons. The molecular formula is C9H19N2O4S-. The molecule has 0 amide bonds. The lowest BCUT2D eigenvalue weighted by Crippen LogP contribution is -2.49. The highest BCUT2D eigenvalue weighted by Gasteiger charge is 2.18. The van der Waals surface area contributed by atoms with E-state index in [1.807, 2.05) is 0 Å². The molecule has 7 heteroatoms. The van der Waals surface area contributed by atoms with Crippen LogP contribution < -0.4 is 0 Å². The molecule has 1 N–H and O–H groups in total. The van der Waals surface area contributed by atoms with Crippen LogP contribution in [0.3, 0.4) is 0 Å². The molecule has 0 spiro atoms. The molecule has 2 atom stereocenters. The van der Waals surface area contributed by atoms with Crippen molar-refractivity contribution in [2.24, 2.45) is 0 Å². The van der Waals surface area contributed by atoms with E-state index in [2.05, 4.69) is 14.0 Å². The summed E-state index contributed by atoms with van der Waals surface area (Å²) in [4.78, 5) is 4.36. The molecule has 1 aliphatic heterocycles. The Morgan fingerprint density at radius 3 is 2.44 bits per heavy atom. The van der Waals surface area contributed by atoms with Gasteiger partial charge < -0.3 is 9.66 Å². The van der Waals surface area contributed by atoms with Crippen LogP contribution in [0, 0.1) is 0 Å². The summed E-state index contributed by atoms with van der Waals surface area (Å²) >= 11 is -2.43. The normalized spacial score (nSPS) is 23.2. The Balaban J connectivity index is 2.18. The van der Waals surface area contributed by atoms with Gasteiger partial charge in [-0.15, -0.1) is 0 Å². The number of hydrogen-bond donors (Lipinski definition) is 1. The Hall–Kier alpha value is -0.0500. The number of β-amino-alcohol motifs (C(OH)–C–C–N with tert-alkyl or cyclic N) is 1. The van der Waals surface area contributed by atoms with Gasteiger partial charge in [-0.25, -0.2) is 4.21 Å². The third-order valence-electron chi connectivity index (χ3n) is 2.64. The maximum absolute atomic E-state index is 10.3. The Labute approximate surface area is 98.7 Å². The highest BCUT2D eigenvalue weighted by Crippen LogP contribution is 2.04. The van der Waals surface area contributed by atoms with Gasteiger partial charge in [0, 0.05) is 39.3 Å². The summed E-state index contributed by atoms with van der Waals surface area (Å²) in [6.07, 6.45) is -0.303. The lowest BCUT2D eigenvalue weighted by atomic mass is 10.3. The molecule has 0 aromatic heterocycles. The molecular weight excluding hydrogens is 232 g/mol. The van der Waals surface area contributed by atoms with E-state index in [-0.39, 0.29) is 12.7 Å². The van der Waals surface area contributed by atoms with Gasteiger partial charge in [-0.3, -0.25) is 14.0 Å². The largest absolute Gasteiger partial charge is 0.750 e. The van der Waals surface area contributed by atoms with Crippen molar-refractivity contribution in [3.8, 4) is 0 Å². The second kappa shape index (κ2) is 7.31. The Bertz CT molecular complexity index is 222. The predicted octanol–water partition coefficient (Wildman–Crippen LogP) is -1.20. The highest BCUT2D eigenvalue weighted by molar-refractivity contribution is 7.74. The first-order valence-corrected chi connectivity index (χ1v) is 6.43. The molecule has 1 heterocycles. The fourth-order valence-electron chi connectivity index (χ4n) is 1.87. The van der Waals surface area contributed by atoms with Gasteiger partial charge in [0.1, 0.15) is 0 Å². The minimum Gasteiger partial charge on any atom is -0.750 e. The van der Waals surface area contributed by atoms with Crippen LogP contribution in [0.5, 0.6) is 0 Å². The summed E-state index contributed by atoms with van der Waals surface area (Å²) in [6, 6.07) is 0. The lowest BCUT2D eigenvalue weighted by Gasteiger charge is -2.35. The quantitative estimate of drug-likeness (QED) is 0.597. The zero-order chi connectivity index (χ0) is 12.0. The van der Waals surface area contributed by atoms with Crippen molar-refractivity contribution in [1.82, 2.24) is 9.80 Å². The van der Waals surface area contributed by atoms with Crippen LogP contribution >= 0.6 is 0 Å². The molecule has 1 saturated heterocycles. The predicted molar refractivity (Wildman–Crippen MR) is 59.4 cm³/mol. The van der Waals surface area contributed by atoms with Crippen molar-refractivity contribution in [2.75, 3.05) is 45.9 Å². The van der Waals surface area contributed by atoms with E-state index in [1.54, 1.807) is 6.92 Å². The number of aliphatic hydroxyl groups excluding tert-OH is 1. The molecule has 1 rings (SSSR count). The summed E-state index contributed by atoms with van der Waals surface area (Å²) in [6.45, 7) is 6.87. The third kappa shape index (κ3) is 5.33. The smallest absolute Gasteiger partial charge is 0.0845 e. The summed E-state index contributed by atoms with van der Waals surface area (Å²) < 4.78 is 25.3. The third-order valence-corrected chi connectivity index (χ3v) is 3.12. The van der Waals surface area contributed by atoms with E-state index in [9.17, 15) is 8.76 Å². The van der Waals surface area contributed by atoms with E-state index in [4.69, 9.17) is 5.11 Å². The summed E-state index contributed by atoms with van der Waals surface area (Å²) in [5.74, 6) is 0. The summed E-state index contributed by atoms with van der Waals surface area (Å²) in [5, 5.41) is 8.79. The Kier molecular flexibility index (Phi) is 6.40. The van der Waals surface area contributed by atoms with Crippen LogP contribution in [-0.4, -0.2) is 75.6 Å². The van der Waals surface area contributed by atoms with Gasteiger partial charge in [-0.1, -0.05) is 0 Å². The van der Waals surface area contributed by atoms with Gasteiger partial charge in [0.05, 0.1) is 24.1 Å². The first-order valence-electron chi connectivity index (χ1n) is 5.43. The molecule has 6 nitrogen and oxygen atoms in total. The maximum atomic E-state index is 10.3. The molecule has 0 aliphatic carbocycles. The van der Waals surface area contributed by atoms with E-state index < -0.39 is 11.4 Å². The molecule has 16 heavy (non-hydrogen) atoms. The topological polar surface area (TPSA) is 76.1 Å². The zero-order valence-corrected chi connectivity index (χ0v) is 10.3. The second-order valence-electron chi connectivity index (χ2n) is 3.98. The zero-order valence-electron chi connectivity index (χ0n) is 9.50. The average Bonchev–Trinajstić information content (AvgIpc) is 2.20. The summed E-state index contributed by atoms with van der Waals surface area (Å²) in [5.41, 5.74) is 0. The van der Waals surface area contributed by atoms with Crippen LogP contribution in [0.2, 0.25) is 0 Å². The summed E-state index contributed by atoms with van der Waals surface area (Å²) in [7, 11) is 0. The second-order valence-corrected chi connectivity index (χ2v) is 4.58. The van der Waals surface area contributed by atoms with E-state index in [0.29, 0.717) is 13.1 Å². The van der Waals surface area contributed by atoms with Crippen molar-refractivity contribution >= 4 is 11.4 Å². The van der Waals surface area contributed by atoms with Crippen molar-refractivity contribution in [2.45, 2.75) is 13.0 Å². The first-order chi connectivity index (χ1) is 7.61. The lowest BCUT2D eigenvalue weighted by molar-refractivity contribution is 0.0821. The minimum absolute atomic E-state index is 0.189. The first kappa shape index (κ1) is 14.0.